The molecule has 0 rings (SSSR count). The molecule has 0 aromatic rings. The minimum absolute atomic E-state index is 0.105. The zero-order valence-electron chi connectivity index (χ0n) is 16.3. The Balaban J connectivity index is 5.57. The summed E-state index contributed by atoms with van der Waals surface area (Å²) in [6.45, 7) is 13.4. The summed E-state index contributed by atoms with van der Waals surface area (Å²) in [6.07, 6.45) is 1.76. The number of hydrazine groups is 2. The molecule has 2 atom stereocenters. The molecule has 0 aliphatic carbocycles. The predicted octanol–water partition coefficient (Wildman–Crippen LogP) is 1.44. The monoisotopic (exact) mass is 342 g/mol. The van der Waals surface area contributed by atoms with Crippen molar-refractivity contribution in [2.45, 2.75) is 60.5 Å². The molecule has 1 amide bonds. The molecule has 0 fully saturated rings. The maximum atomic E-state index is 12.9. The zero-order valence-corrected chi connectivity index (χ0v) is 16.3. The highest BCUT2D eigenvalue weighted by Gasteiger charge is 2.38. The molecule has 0 aliphatic heterocycles. The second kappa shape index (κ2) is 9.15. The summed E-state index contributed by atoms with van der Waals surface area (Å²) in [4.78, 5) is 26.4. The molecule has 0 saturated carbocycles. The Hall–Kier alpha value is -1.44. The van der Waals surface area contributed by atoms with Crippen LogP contribution in [0.4, 0.5) is 0 Å². The molecular formula is C17H34N4O3. The fraction of sp³-hybridized carbons (Fsp3) is 0.765. The molecule has 7 heteroatoms. The normalized spacial score (nSPS) is 15.4. The van der Waals surface area contributed by atoms with Crippen LogP contribution in [-0.4, -0.2) is 47.6 Å². The molecule has 0 unspecified atom stereocenters. The third kappa shape index (κ3) is 6.22. The van der Waals surface area contributed by atoms with E-state index < -0.39 is 11.5 Å². The molecule has 7 nitrogen and oxygen atoms in total. The second-order valence-corrected chi connectivity index (χ2v) is 7.47. The summed E-state index contributed by atoms with van der Waals surface area (Å²) in [5.74, 6) is 10.9. The molecule has 0 saturated heterocycles. The van der Waals surface area contributed by atoms with Gasteiger partial charge in [0.2, 0.25) is 5.91 Å². The summed E-state index contributed by atoms with van der Waals surface area (Å²) in [5.41, 5.74) is 0.0378. The fourth-order valence-electron chi connectivity index (χ4n) is 2.61. The minimum atomic E-state index is -0.681. The maximum Gasteiger partial charge on any atom is 0.333 e. The number of likely N-dealkylation sites (N-methyl/N-ethyl adjacent to an activating group) is 1. The Morgan fingerprint density at radius 2 is 1.71 bits per heavy atom. The van der Waals surface area contributed by atoms with Crippen LogP contribution in [0.3, 0.4) is 0 Å². The molecule has 0 aromatic carbocycles. The highest BCUT2D eigenvalue weighted by Crippen LogP contribution is 2.25. The van der Waals surface area contributed by atoms with Gasteiger partial charge in [0, 0.05) is 12.6 Å². The Kier molecular flexibility index (Phi) is 8.60. The first-order chi connectivity index (χ1) is 10.8. The van der Waals surface area contributed by atoms with E-state index >= 15 is 0 Å². The van der Waals surface area contributed by atoms with E-state index in [4.69, 9.17) is 16.4 Å². The quantitative estimate of drug-likeness (QED) is 0.314. The highest BCUT2D eigenvalue weighted by molar-refractivity contribution is 5.88. The molecule has 0 radical (unpaired) electrons. The van der Waals surface area contributed by atoms with E-state index in [-0.39, 0.29) is 23.8 Å². The number of rotatable bonds is 7. The first kappa shape index (κ1) is 22.6. The highest BCUT2D eigenvalue weighted by atomic mass is 16.5. The van der Waals surface area contributed by atoms with E-state index in [0.717, 1.165) is 5.12 Å². The van der Waals surface area contributed by atoms with Gasteiger partial charge in [-0.15, -0.1) is 0 Å². The molecule has 24 heavy (non-hydrogen) atoms. The van der Waals surface area contributed by atoms with Gasteiger partial charge in [-0.05, 0) is 25.2 Å². The average molecular weight is 342 g/mol. The number of ether oxygens (including phenoxy) is 1. The molecule has 0 aromatic heterocycles. The Labute approximate surface area is 145 Å². The Bertz CT molecular complexity index is 467. The van der Waals surface area contributed by atoms with Gasteiger partial charge in [0.25, 0.3) is 0 Å². The van der Waals surface area contributed by atoms with Crippen molar-refractivity contribution < 1.29 is 14.3 Å². The van der Waals surface area contributed by atoms with Gasteiger partial charge >= 0.3 is 5.97 Å². The number of nitrogens with two attached hydrogens (primary N) is 2. The van der Waals surface area contributed by atoms with E-state index in [0.29, 0.717) is 12.2 Å². The maximum absolute atomic E-state index is 12.9. The number of amides is 1. The van der Waals surface area contributed by atoms with Crippen molar-refractivity contribution >= 4 is 11.9 Å². The van der Waals surface area contributed by atoms with Gasteiger partial charge in [-0.25, -0.2) is 4.79 Å². The van der Waals surface area contributed by atoms with E-state index in [1.165, 1.54) is 0 Å². The largest absolute Gasteiger partial charge is 0.463 e. The number of esters is 1. The summed E-state index contributed by atoms with van der Waals surface area (Å²) in [7, 11) is 1.70. The molecular weight excluding hydrogens is 308 g/mol. The van der Waals surface area contributed by atoms with Gasteiger partial charge in [0.15, 0.2) is 0 Å². The van der Waals surface area contributed by atoms with Crippen molar-refractivity contribution in [2.75, 3.05) is 13.7 Å². The third-order valence-electron chi connectivity index (χ3n) is 3.85. The third-order valence-corrected chi connectivity index (χ3v) is 3.85. The van der Waals surface area contributed by atoms with Gasteiger partial charge in [-0.2, -0.15) is 5.12 Å². The van der Waals surface area contributed by atoms with Crippen LogP contribution >= 0.6 is 0 Å². The summed E-state index contributed by atoms with van der Waals surface area (Å²) >= 11 is 0. The predicted molar refractivity (Wildman–Crippen MR) is 95.2 cm³/mol. The van der Waals surface area contributed by atoms with Crippen molar-refractivity contribution in [3.8, 4) is 0 Å². The number of hydrogen-bond donors (Lipinski definition) is 2. The van der Waals surface area contributed by atoms with Crippen molar-refractivity contribution in [1.29, 1.82) is 0 Å². The second-order valence-electron chi connectivity index (χ2n) is 7.47. The summed E-state index contributed by atoms with van der Waals surface area (Å²) < 4.78 is 5.01. The van der Waals surface area contributed by atoms with Gasteiger partial charge < -0.3 is 9.64 Å². The SMILES string of the molecule is CCOC(=O)/C(C)=C/[C@H](C(C)C)N(C)C(=O)[C@@H](N(N)N)C(C)(C)C. The molecule has 0 bridgehead atoms. The minimum Gasteiger partial charge on any atom is -0.463 e. The van der Waals surface area contributed by atoms with Crippen LogP contribution in [0, 0.1) is 11.3 Å². The van der Waals surface area contributed by atoms with Crippen LogP contribution < -0.4 is 11.7 Å². The van der Waals surface area contributed by atoms with E-state index in [9.17, 15) is 9.59 Å². The number of carbonyl (C=O) groups excluding carboxylic acids is 2. The lowest BCUT2D eigenvalue weighted by Crippen LogP contribution is -2.61. The molecule has 0 heterocycles. The van der Waals surface area contributed by atoms with Crippen LogP contribution in [0.15, 0.2) is 11.6 Å². The van der Waals surface area contributed by atoms with Crippen LogP contribution in [0.2, 0.25) is 0 Å². The first-order valence-corrected chi connectivity index (χ1v) is 8.25. The zero-order chi connectivity index (χ0) is 19.2. The fourth-order valence-corrected chi connectivity index (χ4v) is 2.61. The lowest BCUT2D eigenvalue weighted by atomic mass is 9.85. The van der Waals surface area contributed by atoms with Gasteiger partial charge in [0.05, 0.1) is 12.6 Å². The van der Waals surface area contributed by atoms with Crippen LogP contribution in [0.5, 0.6) is 0 Å². The van der Waals surface area contributed by atoms with Gasteiger partial charge in [-0.1, -0.05) is 40.7 Å². The number of hydrogen-bond acceptors (Lipinski definition) is 6. The Morgan fingerprint density at radius 1 is 1.21 bits per heavy atom. The summed E-state index contributed by atoms with van der Waals surface area (Å²) in [6, 6.07) is -0.952. The van der Waals surface area contributed by atoms with Gasteiger partial charge in [-0.3, -0.25) is 16.5 Å². The average Bonchev–Trinajstić information content (AvgIpc) is 2.41. The molecule has 4 N–H and O–H groups in total. The standard InChI is InChI=1S/C17H34N4O3/c1-9-24-16(23)12(4)10-13(11(2)3)20(8)15(22)14(21(18)19)17(5,6)7/h10-11,13-14H,9,18-19H2,1-8H3/b12-10+/t13-,14-/m1/s1. The van der Waals surface area contributed by atoms with Crippen molar-refractivity contribution in [1.82, 2.24) is 10.0 Å². The lowest BCUT2D eigenvalue weighted by Gasteiger charge is -2.39. The van der Waals surface area contributed by atoms with E-state index in [2.05, 4.69) is 0 Å². The molecule has 140 valence electrons. The summed E-state index contributed by atoms with van der Waals surface area (Å²) in [5, 5.41) is 0.956. The van der Waals surface area contributed by atoms with Crippen LogP contribution in [0.1, 0.15) is 48.5 Å². The van der Waals surface area contributed by atoms with Crippen molar-refractivity contribution in [2.24, 2.45) is 23.0 Å². The van der Waals surface area contributed by atoms with Crippen molar-refractivity contribution in [3.63, 3.8) is 0 Å². The van der Waals surface area contributed by atoms with Gasteiger partial charge in [0.1, 0.15) is 6.04 Å². The Morgan fingerprint density at radius 3 is 2.04 bits per heavy atom. The van der Waals surface area contributed by atoms with Crippen molar-refractivity contribution in [3.05, 3.63) is 11.6 Å². The van der Waals surface area contributed by atoms with E-state index in [1.54, 1.807) is 31.9 Å². The first-order valence-electron chi connectivity index (χ1n) is 8.25. The topological polar surface area (TPSA) is 102 Å². The van der Waals surface area contributed by atoms with Crippen LogP contribution in [-0.2, 0) is 14.3 Å². The molecule has 0 spiro atoms. The van der Waals surface area contributed by atoms with Crippen LogP contribution in [0.25, 0.3) is 0 Å². The smallest absolute Gasteiger partial charge is 0.333 e. The molecule has 0 aliphatic rings. The van der Waals surface area contributed by atoms with E-state index in [1.807, 2.05) is 34.6 Å². The number of nitrogens with zero attached hydrogens (tertiary/aromatic N) is 2. The lowest BCUT2D eigenvalue weighted by molar-refractivity contribution is -0.143. The number of carbonyl (C=O) groups is 2.